The molecular formula is C23H19ClF2O6. The van der Waals surface area contributed by atoms with Crippen molar-refractivity contribution in [2.75, 3.05) is 7.11 Å². The van der Waals surface area contributed by atoms with Crippen LogP contribution in [0.3, 0.4) is 0 Å². The van der Waals surface area contributed by atoms with Crippen LogP contribution in [0.1, 0.15) is 29.3 Å². The van der Waals surface area contributed by atoms with Gasteiger partial charge in [-0.2, -0.15) is 8.78 Å². The summed E-state index contributed by atoms with van der Waals surface area (Å²) >= 11 is 6.27. The second kappa shape index (κ2) is 8.43. The number of allylic oxidation sites excluding steroid dienone is 1. The number of fused-ring (bicyclic) bond motifs is 1. The third-order valence-electron chi connectivity index (χ3n) is 5.51. The SMILES string of the molecule is COc1cc(OC(F)F)c(Cl)c2c1C(=O)[C@@]1(O2)C(OCc2ccccc2)=CC(=O)C[C@H]1C. The van der Waals surface area contributed by atoms with E-state index in [9.17, 15) is 18.4 Å². The normalized spacial score (nSPS) is 21.9. The molecule has 4 rings (SSSR count). The zero-order valence-electron chi connectivity index (χ0n) is 17.2. The van der Waals surface area contributed by atoms with Crippen LogP contribution in [0.2, 0.25) is 5.02 Å². The summed E-state index contributed by atoms with van der Waals surface area (Å²) in [6.45, 7) is -1.37. The van der Waals surface area contributed by atoms with E-state index in [4.69, 9.17) is 25.8 Å². The fraction of sp³-hybridized carbons (Fsp3) is 0.304. The zero-order valence-corrected chi connectivity index (χ0v) is 17.9. The maximum Gasteiger partial charge on any atom is 0.387 e. The Morgan fingerprint density at radius 1 is 1.22 bits per heavy atom. The van der Waals surface area contributed by atoms with E-state index in [0.717, 1.165) is 11.6 Å². The van der Waals surface area contributed by atoms with E-state index >= 15 is 0 Å². The Bertz CT molecular complexity index is 1100. The molecule has 0 unspecified atom stereocenters. The Morgan fingerprint density at radius 3 is 2.59 bits per heavy atom. The average Bonchev–Trinajstić information content (AvgIpc) is 3.07. The molecule has 6 nitrogen and oxygen atoms in total. The molecule has 2 aromatic rings. The fourth-order valence-corrected chi connectivity index (χ4v) is 4.24. The lowest BCUT2D eigenvalue weighted by Gasteiger charge is -2.37. The average molecular weight is 465 g/mol. The van der Waals surface area contributed by atoms with E-state index in [1.807, 2.05) is 30.3 Å². The maximum absolute atomic E-state index is 13.7. The minimum atomic E-state index is -3.14. The van der Waals surface area contributed by atoms with Crippen molar-refractivity contribution in [3.05, 3.63) is 64.4 Å². The van der Waals surface area contributed by atoms with Gasteiger partial charge in [0.15, 0.2) is 23.0 Å². The number of alkyl halides is 2. The van der Waals surface area contributed by atoms with Gasteiger partial charge in [-0.05, 0) is 5.56 Å². The van der Waals surface area contributed by atoms with Crippen molar-refractivity contribution in [1.82, 2.24) is 0 Å². The van der Waals surface area contributed by atoms with E-state index in [1.54, 1.807) is 6.92 Å². The van der Waals surface area contributed by atoms with Crippen LogP contribution in [0.25, 0.3) is 0 Å². The monoisotopic (exact) mass is 464 g/mol. The molecule has 0 amide bonds. The van der Waals surface area contributed by atoms with E-state index in [-0.39, 0.29) is 46.7 Å². The molecule has 0 fully saturated rings. The molecule has 1 spiro atoms. The first-order valence-electron chi connectivity index (χ1n) is 9.78. The first-order chi connectivity index (χ1) is 15.3. The molecule has 0 radical (unpaired) electrons. The van der Waals surface area contributed by atoms with Crippen LogP contribution in [0, 0.1) is 5.92 Å². The topological polar surface area (TPSA) is 71.1 Å². The number of ether oxygens (including phenoxy) is 4. The van der Waals surface area contributed by atoms with Crippen LogP contribution in [0.5, 0.6) is 17.2 Å². The van der Waals surface area contributed by atoms with Crippen LogP contribution in [-0.2, 0) is 16.1 Å². The third-order valence-corrected chi connectivity index (χ3v) is 5.87. The molecule has 0 bridgehead atoms. The van der Waals surface area contributed by atoms with Gasteiger partial charge in [-0.25, -0.2) is 0 Å². The number of hydrogen-bond acceptors (Lipinski definition) is 6. The van der Waals surface area contributed by atoms with Crippen LogP contribution in [-0.4, -0.2) is 30.9 Å². The van der Waals surface area contributed by atoms with Gasteiger partial charge in [-0.1, -0.05) is 48.9 Å². The minimum Gasteiger partial charge on any atom is -0.496 e. The highest BCUT2D eigenvalue weighted by molar-refractivity contribution is 6.35. The van der Waals surface area contributed by atoms with E-state index in [0.29, 0.717) is 0 Å². The Labute approximate surface area is 187 Å². The summed E-state index contributed by atoms with van der Waals surface area (Å²) in [6, 6.07) is 10.3. The van der Waals surface area contributed by atoms with Crippen LogP contribution < -0.4 is 14.2 Å². The highest BCUT2D eigenvalue weighted by Gasteiger charge is 2.60. The summed E-state index contributed by atoms with van der Waals surface area (Å²) in [6.07, 6.45) is 1.27. The molecule has 1 aliphatic carbocycles. The lowest BCUT2D eigenvalue weighted by molar-refractivity contribution is -0.118. The molecule has 2 atom stereocenters. The smallest absolute Gasteiger partial charge is 0.387 e. The van der Waals surface area contributed by atoms with Crippen molar-refractivity contribution >= 4 is 23.2 Å². The van der Waals surface area contributed by atoms with Gasteiger partial charge in [0.2, 0.25) is 11.4 Å². The second-order valence-electron chi connectivity index (χ2n) is 7.49. The molecule has 168 valence electrons. The number of ketones is 2. The van der Waals surface area contributed by atoms with E-state index in [1.165, 1.54) is 13.2 Å². The molecule has 0 N–H and O–H groups in total. The highest BCUT2D eigenvalue weighted by Crippen LogP contribution is 2.54. The Kier molecular flexibility index (Phi) is 5.81. The number of rotatable bonds is 6. The number of methoxy groups -OCH3 is 1. The number of carbonyl (C=O) groups is 2. The molecule has 0 saturated heterocycles. The van der Waals surface area contributed by atoms with Gasteiger partial charge < -0.3 is 18.9 Å². The van der Waals surface area contributed by atoms with Crippen molar-refractivity contribution in [2.45, 2.75) is 32.2 Å². The van der Waals surface area contributed by atoms with Crippen molar-refractivity contribution in [1.29, 1.82) is 0 Å². The number of hydrogen-bond donors (Lipinski definition) is 0. The first-order valence-corrected chi connectivity index (χ1v) is 10.2. The van der Waals surface area contributed by atoms with Gasteiger partial charge in [0.1, 0.15) is 22.9 Å². The van der Waals surface area contributed by atoms with Gasteiger partial charge in [-0.15, -0.1) is 0 Å². The summed E-state index contributed by atoms with van der Waals surface area (Å²) in [7, 11) is 1.28. The standard InChI is InChI=1S/C23H19ClF2O6/c1-12-8-14(27)9-17(30-11-13-6-4-3-5-7-13)23(12)21(28)18-15(29-2)10-16(31-22(25)26)19(24)20(18)32-23/h3-7,9-10,12,22H,8,11H2,1-2H3/t12-,23+/m1/s1. The van der Waals surface area contributed by atoms with Crippen LogP contribution >= 0.6 is 11.6 Å². The summed E-state index contributed by atoms with van der Waals surface area (Å²) in [4.78, 5) is 26.0. The molecule has 9 heteroatoms. The largest absolute Gasteiger partial charge is 0.496 e. The molecular weight excluding hydrogens is 446 g/mol. The molecule has 32 heavy (non-hydrogen) atoms. The Morgan fingerprint density at radius 2 is 1.94 bits per heavy atom. The summed E-state index contributed by atoms with van der Waals surface area (Å²) < 4.78 is 47.4. The molecule has 1 heterocycles. The minimum absolute atomic E-state index is 0.0190. The van der Waals surface area contributed by atoms with Gasteiger partial charge in [0.05, 0.1) is 7.11 Å². The zero-order chi connectivity index (χ0) is 23.0. The Hall–Kier alpha value is -3.13. The second-order valence-corrected chi connectivity index (χ2v) is 7.87. The Balaban J connectivity index is 1.79. The predicted octanol–water partition coefficient (Wildman–Crippen LogP) is 4.97. The lowest BCUT2D eigenvalue weighted by Crippen LogP contribution is -2.51. The van der Waals surface area contributed by atoms with E-state index < -0.39 is 29.7 Å². The summed E-state index contributed by atoms with van der Waals surface area (Å²) in [5.74, 6) is -1.92. The van der Waals surface area contributed by atoms with Crippen LogP contribution in [0.15, 0.2) is 48.2 Å². The fourth-order valence-electron chi connectivity index (χ4n) is 4.01. The maximum atomic E-state index is 13.7. The first kappa shape index (κ1) is 22.1. The number of halogens is 3. The van der Waals surface area contributed by atoms with Gasteiger partial charge in [0.25, 0.3) is 0 Å². The van der Waals surface area contributed by atoms with E-state index in [2.05, 4.69) is 4.74 Å². The van der Waals surface area contributed by atoms with Crippen molar-refractivity contribution in [2.24, 2.45) is 5.92 Å². The van der Waals surface area contributed by atoms with Gasteiger partial charge in [-0.3, -0.25) is 9.59 Å². The number of carbonyl (C=O) groups excluding carboxylic acids is 2. The highest BCUT2D eigenvalue weighted by atomic mass is 35.5. The van der Waals surface area contributed by atoms with Crippen molar-refractivity contribution in [3.63, 3.8) is 0 Å². The summed E-state index contributed by atoms with van der Waals surface area (Å²) in [5.41, 5.74) is -0.888. The predicted molar refractivity (Wildman–Crippen MR) is 110 cm³/mol. The molecule has 0 aromatic heterocycles. The molecule has 2 aliphatic rings. The number of Topliss-reactive ketones (excluding diaryl/α,β-unsaturated/α-hetero) is 1. The van der Waals surface area contributed by atoms with Gasteiger partial charge in [0, 0.05) is 24.5 Å². The summed E-state index contributed by atoms with van der Waals surface area (Å²) in [5, 5.41) is -0.294. The van der Waals surface area contributed by atoms with Crippen LogP contribution in [0.4, 0.5) is 8.78 Å². The third kappa shape index (κ3) is 3.58. The molecule has 0 saturated carbocycles. The van der Waals surface area contributed by atoms with Crippen molar-refractivity contribution < 1.29 is 37.3 Å². The molecule has 2 aromatic carbocycles. The quantitative estimate of drug-likeness (QED) is 0.601. The number of benzene rings is 2. The lowest BCUT2D eigenvalue weighted by atomic mass is 9.75. The van der Waals surface area contributed by atoms with Crippen molar-refractivity contribution in [3.8, 4) is 17.2 Å². The molecule has 1 aliphatic heterocycles. The van der Waals surface area contributed by atoms with Gasteiger partial charge >= 0.3 is 6.61 Å².